The lowest BCUT2D eigenvalue weighted by atomic mass is 10.5. The molecule has 0 unspecified atom stereocenters. The van der Waals surface area contributed by atoms with Crippen molar-refractivity contribution in [3.8, 4) is 0 Å². The van der Waals surface area contributed by atoms with Gasteiger partial charge in [0, 0.05) is 13.0 Å². The standard InChI is InChI=1S/C9H19NO2/c1-4-9(11)12-8-7-10(5-2)6-3/h4-8H2,1-3H3. The second-order valence-electron chi connectivity index (χ2n) is 2.60. The molecule has 0 N–H and O–H groups in total. The zero-order valence-corrected chi connectivity index (χ0v) is 8.30. The van der Waals surface area contributed by atoms with E-state index in [4.69, 9.17) is 4.74 Å². The number of rotatable bonds is 6. The van der Waals surface area contributed by atoms with Gasteiger partial charge >= 0.3 is 5.97 Å². The lowest BCUT2D eigenvalue weighted by molar-refractivity contribution is -0.143. The first-order valence-corrected chi connectivity index (χ1v) is 4.62. The molecule has 0 saturated heterocycles. The monoisotopic (exact) mass is 173 g/mol. The van der Waals surface area contributed by atoms with Gasteiger partial charge in [-0.15, -0.1) is 0 Å². The minimum Gasteiger partial charge on any atom is -0.464 e. The summed E-state index contributed by atoms with van der Waals surface area (Å²) in [6.07, 6.45) is 0.470. The Morgan fingerprint density at radius 1 is 1.25 bits per heavy atom. The summed E-state index contributed by atoms with van der Waals surface area (Å²) in [5, 5.41) is 0. The zero-order chi connectivity index (χ0) is 9.40. The van der Waals surface area contributed by atoms with Crippen LogP contribution in [0.1, 0.15) is 27.2 Å². The van der Waals surface area contributed by atoms with Gasteiger partial charge in [-0.3, -0.25) is 4.79 Å². The molecule has 0 bridgehead atoms. The van der Waals surface area contributed by atoms with Crippen molar-refractivity contribution in [2.24, 2.45) is 0 Å². The van der Waals surface area contributed by atoms with Crippen LogP contribution in [-0.4, -0.2) is 37.1 Å². The lowest BCUT2D eigenvalue weighted by Crippen LogP contribution is -2.27. The van der Waals surface area contributed by atoms with Gasteiger partial charge < -0.3 is 9.64 Å². The van der Waals surface area contributed by atoms with Crippen molar-refractivity contribution in [3.05, 3.63) is 0 Å². The average molecular weight is 173 g/mol. The molecule has 0 aliphatic carbocycles. The number of nitrogens with zero attached hydrogens (tertiary/aromatic N) is 1. The van der Waals surface area contributed by atoms with Gasteiger partial charge in [0.25, 0.3) is 0 Å². The predicted octanol–water partition coefficient (Wildman–Crippen LogP) is 1.28. The van der Waals surface area contributed by atoms with E-state index in [0.29, 0.717) is 13.0 Å². The minimum absolute atomic E-state index is 0.109. The molecular weight excluding hydrogens is 154 g/mol. The van der Waals surface area contributed by atoms with Crippen LogP contribution in [0.3, 0.4) is 0 Å². The third kappa shape index (κ3) is 5.13. The molecule has 72 valence electrons. The first-order valence-electron chi connectivity index (χ1n) is 4.62. The van der Waals surface area contributed by atoms with E-state index in [9.17, 15) is 4.79 Å². The van der Waals surface area contributed by atoms with E-state index in [1.807, 2.05) is 0 Å². The molecule has 0 spiro atoms. The van der Waals surface area contributed by atoms with Crippen LogP contribution in [0, 0.1) is 0 Å². The van der Waals surface area contributed by atoms with Crippen molar-refractivity contribution in [2.75, 3.05) is 26.2 Å². The molecule has 12 heavy (non-hydrogen) atoms. The number of esters is 1. The van der Waals surface area contributed by atoms with E-state index < -0.39 is 0 Å². The van der Waals surface area contributed by atoms with Crippen LogP contribution in [0.4, 0.5) is 0 Å². The van der Waals surface area contributed by atoms with Gasteiger partial charge in [-0.05, 0) is 13.1 Å². The molecule has 0 aliphatic rings. The highest BCUT2D eigenvalue weighted by atomic mass is 16.5. The third-order valence-corrected chi connectivity index (χ3v) is 1.85. The summed E-state index contributed by atoms with van der Waals surface area (Å²) in [4.78, 5) is 13.0. The Bertz CT molecular complexity index is 122. The molecule has 0 amide bonds. The zero-order valence-electron chi connectivity index (χ0n) is 8.30. The van der Waals surface area contributed by atoms with E-state index in [-0.39, 0.29) is 5.97 Å². The molecule has 0 atom stereocenters. The fourth-order valence-corrected chi connectivity index (χ4v) is 0.930. The Hall–Kier alpha value is -0.570. The maximum absolute atomic E-state index is 10.7. The van der Waals surface area contributed by atoms with E-state index in [1.165, 1.54) is 0 Å². The predicted molar refractivity (Wildman–Crippen MR) is 49.0 cm³/mol. The SMILES string of the molecule is CCC(=O)OCCN(CC)CC. The second-order valence-corrected chi connectivity index (χ2v) is 2.60. The van der Waals surface area contributed by atoms with Gasteiger partial charge in [-0.25, -0.2) is 0 Å². The van der Waals surface area contributed by atoms with Crippen LogP contribution in [0.5, 0.6) is 0 Å². The summed E-state index contributed by atoms with van der Waals surface area (Å²) in [6, 6.07) is 0. The highest BCUT2D eigenvalue weighted by molar-refractivity contribution is 5.68. The molecule has 0 aliphatic heterocycles. The Kier molecular flexibility index (Phi) is 6.76. The largest absolute Gasteiger partial charge is 0.464 e. The van der Waals surface area contributed by atoms with Gasteiger partial charge in [-0.2, -0.15) is 0 Å². The van der Waals surface area contributed by atoms with Crippen LogP contribution in [0.2, 0.25) is 0 Å². The molecule has 0 rings (SSSR count). The van der Waals surface area contributed by atoms with E-state index >= 15 is 0 Å². The summed E-state index contributed by atoms with van der Waals surface area (Å²) < 4.78 is 4.94. The number of carbonyl (C=O) groups is 1. The van der Waals surface area contributed by atoms with Gasteiger partial charge in [0.05, 0.1) is 0 Å². The number of ether oxygens (including phenoxy) is 1. The fraction of sp³-hybridized carbons (Fsp3) is 0.889. The number of likely N-dealkylation sites (N-methyl/N-ethyl adjacent to an activating group) is 1. The first-order chi connectivity index (χ1) is 5.74. The second kappa shape index (κ2) is 7.10. The molecule has 0 aromatic heterocycles. The molecular formula is C9H19NO2. The van der Waals surface area contributed by atoms with Crippen LogP contribution in [-0.2, 0) is 9.53 Å². The van der Waals surface area contributed by atoms with Gasteiger partial charge in [0.2, 0.25) is 0 Å². The highest BCUT2D eigenvalue weighted by Gasteiger charge is 2.01. The molecule has 0 aromatic carbocycles. The fourth-order valence-electron chi connectivity index (χ4n) is 0.930. The molecule has 3 nitrogen and oxygen atoms in total. The summed E-state index contributed by atoms with van der Waals surface area (Å²) in [6.45, 7) is 9.41. The van der Waals surface area contributed by atoms with E-state index in [0.717, 1.165) is 19.6 Å². The average Bonchev–Trinajstić information content (AvgIpc) is 2.12. The minimum atomic E-state index is -0.109. The van der Waals surface area contributed by atoms with Crippen molar-refractivity contribution >= 4 is 5.97 Å². The Labute approximate surface area is 74.7 Å². The summed E-state index contributed by atoms with van der Waals surface area (Å²) in [7, 11) is 0. The Morgan fingerprint density at radius 3 is 2.25 bits per heavy atom. The number of carbonyl (C=O) groups excluding carboxylic acids is 1. The smallest absolute Gasteiger partial charge is 0.305 e. The van der Waals surface area contributed by atoms with Crippen LogP contribution >= 0.6 is 0 Å². The van der Waals surface area contributed by atoms with Crippen molar-refractivity contribution in [1.82, 2.24) is 4.90 Å². The molecule has 0 heterocycles. The van der Waals surface area contributed by atoms with Crippen molar-refractivity contribution in [2.45, 2.75) is 27.2 Å². The normalized spacial score (nSPS) is 10.3. The summed E-state index contributed by atoms with van der Waals surface area (Å²) in [5.74, 6) is -0.109. The summed E-state index contributed by atoms with van der Waals surface area (Å²) in [5.41, 5.74) is 0. The van der Waals surface area contributed by atoms with Gasteiger partial charge in [0.15, 0.2) is 0 Å². The highest BCUT2D eigenvalue weighted by Crippen LogP contribution is 1.89. The maximum Gasteiger partial charge on any atom is 0.305 e. The Balaban J connectivity index is 3.34. The van der Waals surface area contributed by atoms with E-state index in [1.54, 1.807) is 6.92 Å². The Morgan fingerprint density at radius 2 is 1.83 bits per heavy atom. The lowest BCUT2D eigenvalue weighted by Gasteiger charge is -2.17. The first kappa shape index (κ1) is 11.4. The number of hydrogen-bond donors (Lipinski definition) is 0. The van der Waals surface area contributed by atoms with Gasteiger partial charge in [-0.1, -0.05) is 20.8 Å². The van der Waals surface area contributed by atoms with Crippen molar-refractivity contribution < 1.29 is 9.53 Å². The molecule has 0 fully saturated rings. The van der Waals surface area contributed by atoms with Crippen LogP contribution in [0.25, 0.3) is 0 Å². The molecule has 0 radical (unpaired) electrons. The van der Waals surface area contributed by atoms with Crippen LogP contribution in [0.15, 0.2) is 0 Å². The number of hydrogen-bond acceptors (Lipinski definition) is 3. The molecule has 0 aromatic rings. The van der Waals surface area contributed by atoms with Crippen molar-refractivity contribution in [1.29, 1.82) is 0 Å². The summed E-state index contributed by atoms with van der Waals surface area (Å²) >= 11 is 0. The maximum atomic E-state index is 10.7. The van der Waals surface area contributed by atoms with E-state index in [2.05, 4.69) is 18.7 Å². The van der Waals surface area contributed by atoms with Crippen molar-refractivity contribution in [3.63, 3.8) is 0 Å². The van der Waals surface area contributed by atoms with Crippen LogP contribution < -0.4 is 0 Å². The quantitative estimate of drug-likeness (QED) is 0.567. The third-order valence-electron chi connectivity index (χ3n) is 1.85. The topological polar surface area (TPSA) is 29.5 Å². The molecule has 0 saturated carbocycles. The molecule has 3 heteroatoms. The van der Waals surface area contributed by atoms with Gasteiger partial charge in [0.1, 0.15) is 6.61 Å².